The van der Waals surface area contributed by atoms with Crippen LogP contribution in [0.2, 0.25) is 10.0 Å². The number of carbonyl (C=O) groups excluding carboxylic acids is 2. The van der Waals surface area contributed by atoms with Gasteiger partial charge in [-0.05, 0) is 81.0 Å². The van der Waals surface area contributed by atoms with Crippen molar-refractivity contribution in [2.75, 3.05) is 17.5 Å². The Labute approximate surface area is 299 Å². The standard InChI is InChI=1S/C34H35Cl2F2N3O8S/c1-34(2,3)49-32(43)18-41(50(44)45)27-6-4-5-26-22(27)11-12-40(26)17-31(42)47-29(14-23-24(35)15-39-16-25(23)36)21-9-10-28(48-33(37)38)30(13-21)46-19-20-7-8-20/h4-6,9-13,15-16,20,29,33,50H,7-8,14,17-19H2,1-3H3/t29-/m0/s1. The molecule has 0 unspecified atom stereocenters. The van der Waals surface area contributed by atoms with Crippen LogP contribution < -0.4 is 13.8 Å². The Bertz CT molecular complexity index is 1920. The molecule has 0 saturated heterocycles. The topological polar surface area (TPSA) is 126 Å². The normalized spacial score (nSPS) is 13.8. The molecule has 2 heterocycles. The number of aromatic nitrogens is 2. The van der Waals surface area contributed by atoms with Crippen LogP contribution in [0.15, 0.2) is 61.1 Å². The van der Waals surface area contributed by atoms with Gasteiger partial charge in [0.2, 0.25) is 10.9 Å². The first-order chi connectivity index (χ1) is 23.7. The summed E-state index contributed by atoms with van der Waals surface area (Å²) < 4.78 is 75.2. The number of benzene rings is 2. The molecule has 268 valence electrons. The van der Waals surface area contributed by atoms with Crippen molar-refractivity contribution in [2.24, 2.45) is 5.92 Å². The molecule has 50 heavy (non-hydrogen) atoms. The molecule has 0 N–H and O–H groups in total. The Morgan fingerprint density at radius 3 is 2.40 bits per heavy atom. The van der Waals surface area contributed by atoms with Crippen molar-refractivity contribution in [3.63, 3.8) is 0 Å². The molecular formula is C34H35Cl2F2N3O8S. The molecule has 1 fully saturated rings. The van der Waals surface area contributed by atoms with Crippen LogP contribution >= 0.6 is 23.2 Å². The van der Waals surface area contributed by atoms with Gasteiger partial charge in [-0.3, -0.25) is 18.9 Å². The minimum Gasteiger partial charge on any atom is -0.489 e. The molecule has 5 rings (SSSR count). The number of hydrogen-bond acceptors (Lipinski definition) is 9. The Hall–Kier alpha value is -4.14. The van der Waals surface area contributed by atoms with E-state index in [1.807, 2.05) is 0 Å². The highest BCUT2D eigenvalue weighted by Crippen LogP contribution is 2.38. The second-order valence-corrected chi connectivity index (χ2v) is 14.4. The monoisotopic (exact) mass is 753 g/mol. The zero-order valence-electron chi connectivity index (χ0n) is 27.3. The highest BCUT2D eigenvalue weighted by molar-refractivity contribution is 7.74. The maximum absolute atomic E-state index is 13.6. The quantitative estimate of drug-likeness (QED) is 0.102. The van der Waals surface area contributed by atoms with Crippen LogP contribution in [0.4, 0.5) is 14.5 Å². The number of halogens is 4. The molecular weight excluding hydrogens is 719 g/mol. The van der Waals surface area contributed by atoms with Gasteiger partial charge in [0.05, 0.1) is 27.9 Å². The number of esters is 2. The third kappa shape index (κ3) is 9.76. The maximum Gasteiger partial charge on any atom is 0.387 e. The smallest absolute Gasteiger partial charge is 0.387 e. The lowest BCUT2D eigenvalue weighted by atomic mass is 10.0. The molecule has 0 bridgehead atoms. The van der Waals surface area contributed by atoms with E-state index in [0.717, 1.165) is 17.1 Å². The van der Waals surface area contributed by atoms with E-state index in [0.29, 0.717) is 34.6 Å². The molecule has 1 saturated carbocycles. The summed E-state index contributed by atoms with van der Waals surface area (Å²) >= 11 is 12.8. The minimum absolute atomic E-state index is 0.00971. The van der Waals surface area contributed by atoms with Gasteiger partial charge >= 0.3 is 18.6 Å². The molecule has 0 amide bonds. The summed E-state index contributed by atoms with van der Waals surface area (Å²) in [5.41, 5.74) is 0.757. The van der Waals surface area contributed by atoms with E-state index in [9.17, 15) is 26.8 Å². The highest BCUT2D eigenvalue weighted by atomic mass is 35.5. The summed E-state index contributed by atoms with van der Waals surface area (Å²) in [7, 11) is -3.23. The second-order valence-electron chi connectivity index (χ2n) is 12.6. The van der Waals surface area contributed by atoms with Gasteiger partial charge in [0.15, 0.2) is 11.5 Å². The predicted molar refractivity (Wildman–Crippen MR) is 184 cm³/mol. The van der Waals surface area contributed by atoms with E-state index >= 15 is 0 Å². The van der Waals surface area contributed by atoms with E-state index in [2.05, 4.69) is 9.72 Å². The number of fused-ring (bicyclic) bond motifs is 1. The zero-order chi connectivity index (χ0) is 36.2. The molecule has 1 aliphatic rings. The minimum atomic E-state index is -3.23. The Kier molecular flexibility index (Phi) is 11.7. The zero-order valence-corrected chi connectivity index (χ0v) is 29.7. The molecule has 16 heteroatoms. The largest absolute Gasteiger partial charge is 0.489 e. The van der Waals surface area contributed by atoms with Crippen molar-refractivity contribution in [1.82, 2.24) is 9.55 Å². The molecule has 0 spiro atoms. The Balaban J connectivity index is 1.42. The van der Waals surface area contributed by atoms with Crippen molar-refractivity contribution < 1.29 is 45.7 Å². The molecule has 11 nitrogen and oxygen atoms in total. The summed E-state index contributed by atoms with van der Waals surface area (Å²) in [6.45, 7) is 1.42. The Morgan fingerprint density at radius 2 is 1.76 bits per heavy atom. The van der Waals surface area contributed by atoms with Gasteiger partial charge in [-0.1, -0.05) is 35.3 Å². The van der Waals surface area contributed by atoms with Gasteiger partial charge in [-0.2, -0.15) is 8.78 Å². The number of ether oxygens (including phenoxy) is 4. The van der Waals surface area contributed by atoms with Gasteiger partial charge in [-0.15, -0.1) is 0 Å². The fourth-order valence-corrected chi connectivity index (χ4v) is 6.30. The number of alkyl halides is 2. The number of hydrogen-bond donors (Lipinski definition) is 1. The summed E-state index contributed by atoms with van der Waals surface area (Å²) in [5, 5.41) is 0.929. The molecule has 4 aromatic rings. The first-order valence-corrected chi connectivity index (χ1v) is 17.5. The highest BCUT2D eigenvalue weighted by Gasteiger charge is 2.27. The molecule has 2 aromatic heterocycles. The van der Waals surface area contributed by atoms with Gasteiger partial charge in [-0.25, -0.2) is 8.42 Å². The SMILES string of the molecule is CC(C)(C)OC(=O)CN(c1cccc2c1ccn2CC(=O)O[C@@H](Cc1c(Cl)cncc1Cl)c1ccc(OC(F)F)c(OCC2CC2)c1)[SH](=O)=O. The molecule has 0 aliphatic heterocycles. The van der Waals surface area contributed by atoms with Crippen LogP contribution in [0.25, 0.3) is 10.9 Å². The summed E-state index contributed by atoms with van der Waals surface area (Å²) in [4.78, 5) is 30.1. The first-order valence-electron chi connectivity index (χ1n) is 15.6. The van der Waals surface area contributed by atoms with Crippen molar-refractivity contribution in [2.45, 2.75) is 64.9 Å². The number of anilines is 1. The lowest BCUT2D eigenvalue weighted by Gasteiger charge is -2.23. The van der Waals surface area contributed by atoms with E-state index < -0.39 is 47.7 Å². The van der Waals surface area contributed by atoms with Crippen molar-refractivity contribution in [1.29, 1.82) is 0 Å². The second kappa shape index (κ2) is 15.8. The number of rotatable bonds is 15. The van der Waals surface area contributed by atoms with Crippen LogP contribution in [0, 0.1) is 5.92 Å². The van der Waals surface area contributed by atoms with Crippen molar-refractivity contribution in [3.8, 4) is 11.5 Å². The van der Waals surface area contributed by atoms with E-state index in [1.165, 1.54) is 30.6 Å². The fraction of sp³-hybridized carbons (Fsp3) is 0.382. The van der Waals surface area contributed by atoms with Crippen LogP contribution in [0.3, 0.4) is 0 Å². The van der Waals surface area contributed by atoms with E-state index in [4.69, 9.17) is 37.4 Å². The molecule has 0 radical (unpaired) electrons. The first kappa shape index (κ1) is 37.1. The van der Waals surface area contributed by atoms with E-state index in [-0.39, 0.29) is 40.2 Å². The molecule has 2 aromatic carbocycles. The third-order valence-electron chi connectivity index (χ3n) is 7.61. The Morgan fingerprint density at radius 1 is 1.04 bits per heavy atom. The van der Waals surface area contributed by atoms with Crippen molar-refractivity contribution >= 4 is 62.6 Å². The average molecular weight is 755 g/mol. The van der Waals surface area contributed by atoms with Crippen LogP contribution in [0.5, 0.6) is 11.5 Å². The maximum atomic E-state index is 13.6. The summed E-state index contributed by atoms with van der Waals surface area (Å²) in [6.07, 6.45) is 5.33. The number of pyridine rings is 1. The number of nitrogens with zero attached hydrogens (tertiary/aromatic N) is 3. The van der Waals surface area contributed by atoms with E-state index in [1.54, 1.807) is 55.8 Å². The van der Waals surface area contributed by atoms with Gasteiger partial charge < -0.3 is 23.5 Å². The average Bonchev–Trinajstić information content (AvgIpc) is 3.78. The van der Waals surface area contributed by atoms with Gasteiger partial charge in [0.25, 0.3) is 0 Å². The van der Waals surface area contributed by atoms with Crippen LogP contribution in [0.1, 0.15) is 50.8 Å². The number of carbonyl (C=O) groups is 2. The third-order valence-corrected chi connectivity index (χ3v) is 9.01. The van der Waals surface area contributed by atoms with Gasteiger partial charge in [0, 0.05) is 30.4 Å². The molecule has 1 atom stereocenters. The van der Waals surface area contributed by atoms with Crippen LogP contribution in [-0.2, 0) is 42.9 Å². The molecule has 1 aliphatic carbocycles. The van der Waals surface area contributed by atoms with Crippen molar-refractivity contribution in [3.05, 3.63) is 82.2 Å². The number of thiol groups is 1. The predicted octanol–water partition coefficient (Wildman–Crippen LogP) is 6.94. The summed E-state index contributed by atoms with van der Waals surface area (Å²) in [6, 6.07) is 10.8. The van der Waals surface area contributed by atoms with Gasteiger partial charge in [0.1, 0.15) is 24.8 Å². The lowest BCUT2D eigenvalue weighted by molar-refractivity contribution is -0.153. The fourth-order valence-electron chi connectivity index (χ4n) is 5.20. The van der Waals surface area contributed by atoms with Crippen LogP contribution in [-0.4, -0.2) is 55.3 Å². The summed E-state index contributed by atoms with van der Waals surface area (Å²) in [5.74, 6) is -1.19. The lowest BCUT2D eigenvalue weighted by Crippen LogP contribution is -2.34.